The number of amides is 2. The fourth-order valence-corrected chi connectivity index (χ4v) is 2.07. The van der Waals surface area contributed by atoms with Gasteiger partial charge in [0.2, 0.25) is 0 Å². The van der Waals surface area contributed by atoms with Crippen molar-refractivity contribution >= 4 is 23.4 Å². The molecule has 2 bridgehead atoms. The molecule has 2 heterocycles. The van der Waals surface area contributed by atoms with Crippen molar-refractivity contribution in [2.75, 3.05) is 39.3 Å². The van der Waals surface area contributed by atoms with Crippen LogP contribution in [0.3, 0.4) is 0 Å². The Morgan fingerprint density at radius 1 is 0.810 bits per heavy atom. The molecule has 114 valence electrons. The molecule has 0 saturated carbocycles. The van der Waals surface area contributed by atoms with Gasteiger partial charge in [0.1, 0.15) is 11.4 Å². The molecule has 4 N–H and O–H groups in total. The highest BCUT2D eigenvalue weighted by molar-refractivity contribution is 6.31. The minimum Gasteiger partial charge on any atom is -0.349 e. The molecule has 0 radical (unpaired) electrons. The molecular weight excluding hydrogens is 294 g/mol. The van der Waals surface area contributed by atoms with Gasteiger partial charge in [-0.15, -0.1) is 0 Å². The Balaban J connectivity index is 2.15. The van der Waals surface area contributed by atoms with E-state index in [2.05, 4.69) is 26.3 Å². The second kappa shape index (κ2) is 7.92. The van der Waals surface area contributed by atoms with E-state index >= 15 is 0 Å². The number of rotatable bonds is 0. The van der Waals surface area contributed by atoms with Crippen LogP contribution in [0.25, 0.3) is 0 Å². The SMILES string of the molecule is O=C1NCCNCCNCCNC(=O)c2cc(Cl)cc1n2. The first-order chi connectivity index (χ1) is 10.2. The minimum absolute atomic E-state index is 0.139. The predicted molar refractivity (Wildman–Crippen MR) is 79.7 cm³/mol. The zero-order chi connectivity index (χ0) is 15.1. The van der Waals surface area contributed by atoms with E-state index < -0.39 is 0 Å². The Labute approximate surface area is 127 Å². The highest BCUT2D eigenvalue weighted by Crippen LogP contribution is 2.12. The molecule has 21 heavy (non-hydrogen) atoms. The van der Waals surface area contributed by atoms with Gasteiger partial charge in [0.15, 0.2) is 0 Å². The normalized spacial score (nSPS) is 18.1. The highest BCUT2D eigenvalue weighted by atomic mass is 35.5. The summed E-state index contributed by atoms with van der Waals surface area (Å²) in [6.45, 7) is 3.88. The van der Waals surface area contributed by atoms with Gasteiger partial charge in [-0.3, -0.25) is 9.59 Å². The van der Waals surface area contributed by atoms with Gasteiger partial charge in [0.05, 0.1) is 0 Å². The highest BCUT2D eigenvalue weighted by Gasteiger charge is 2.14. The Bertz CT molecular complexity index is 481. The van der Waals surface area contributed by atoms with Crippen molar-refractivity contribution in [1.29, 1.82) is 0 Å². The van der Waals surface area contributed by atoms with Crippen molar-refractivity contribution in [1.82, 2.24) is 26.3 Å². The third-order valence-corrected chi connectivity index (χ3v) is 3.13. The molecule has 0 spiro atoms. The van der Waals surface area contributed by atoms with Gasteiger partial charge in [-0.05, 0) is 12.1 Å². The summed E-state index contributed by atoms with van der Waals surface area (Å²) in [5.74, 6) is -0.692. The molecule has 7 nitrogen and oxygen atoms in total. The van der Waals surface area contributed by atoms with Gasteiger partial charge in [-0.25, -0.2) is 4.98 Å². The van der Waals surface area contributed by atoms with E-state index in [4.69, 9.17) is 11.6 Å². The first kappa shape index (κ1) is 15.7. The second-order valence-corrected chi connectivity index (χ2v) is 5.00. The van der Waals surface area contributed by atoms with Gasteiger partial charge >= 0.3 is 0 Å². The van der Waals surface area contributed by atoms with E-state index in [1.54, 1.807) is 0 Å². The first-order valence-electron chi connectivity index (χ1n) is 6.82. The monoisotopic (exact) mass is 311 g/mol. The summed E-state index contributed by atoms with van der Waals surface area (Å²) >= 11 is 5.95. The Kier molecular flexibility index (Phi) is 5.91. The molecule has 1 aliphatic heterocycles. The number of carbonyl (C=O) groups excluding carboxylic acids is 2. The van der Waals surface area contributed by atoms with Crippen LogP contribution in [0.15, 0.2) is 12.1 Å². The van der Waals surface area contributed by atoms with Crippen LogP contribution in [0, 0.1) is 0 Å². The lowest BCUT2D eigenvalue weighted by atomic mass is 10.2. The van der Waals surface area contributed by atoms with Gasteiger partial charge in [-0.1, -0.05) is 11.6 Å². The average Bonchev–Trinajstić information content (AvgIpc) is 2.47. The van der Waals surface area contributed by atoms with Crippen LogP contribution in [0.1, 0.15) is 21.0 Å². The third kappa shape index (κ3) is 4.96. The number of carbonyl (C=O) groups is 2. The summed E-state index contributed by atoms with van der Waals surface area (Å²) in [4.78, 5) is 28.0. The molecule has 0 saturated heterocycles. The smallest absolute Gasteiger partial charge is 0.270 e. The number of aromatic nitrogens is 1. The average molecular weight is 312 g/mol. The van der Waals surface area contributed by atoms with E-state index in [1.165, 1.54) is 12.1 Å². The van der Waals surface area contributed by atoms with Gasteiger partial charge in [0.25, 0.3) is 11.8 Å². The van der Waals surface area contributed by atoms with Crippen molar-refractivity contribution in [3.63, 3.8) is 0 Å². The summed E-state index contributed by atoms with van der Waals surface area (Å²) < 4.78 is 0. The number of hydrogen-bond donors (Lipinski definition) is 4. The number of pyridine rings is 1. The molecule has 0 fully saturated rings. The maximum Gasteiger partial charge on any atom is 0.270 e. The van der Waals surface area contributed by atoms with E-state index in [9.17, 15) is 9.59 Å². The zero-order valence-electron chi connectivity index (χ0n) is 11.5. The molecule has 1 aliphatic rings. The molecule has 0 atom stereocenters. The lowest BCUT2D eigenvalue weighted by Gasteiger charge is -2.07. The Morgan fingerprint density at radius 2 is 1.24 bits per heavy atom. The summed E-state index contributed by atoms with van der Waals surface area (Å²) in [6, 6.07) is 2.89. The van der Waals surface area contributed by atoms with Gasteiger partial charge in [-0.2, -0.15) is 0 Å². The van der Waals surface area contributed by atoms with Crippen molar-refractivity contribution in [2.45, 2.75) is 0 Å². The Morgan fingerprint density at radius 3 is 1.71 bits per heavy atom. The second-order valence-electron chi connectivity index (χ2n) is 4.57. The van der Waals surface area contributed by atoms with Crippen LogP contribution < -0.4 is 21.3 Å². The minimum atomic E-state index is -0.346. The molecular formula is C13H18ClN5O2. The summed E-state index contributed by atoms with van der Waals surface area (Å²) in [6.07, 6.45) is 0. The quantitative estimate of drug-likeness (QED) is 0.513. The number of nitrogens with one attached hydrogen (secondary N) is 4. The van der Waals surface area contributed by atoms with Crippen LogP contribution in [0.2, 0.25) is 5.02 Å². The van der Waals surface area contributed by atoms with E-state index in [-0.39, 0.29) is 23.2 Å². The zero-order valence-corrected chi connectivity index (χ0v) is 12.3. The lowest BCUT2D eigenvalue weighted by molar-refractivity contribution is 0.0945. The molecule has 2 rings (SSSR count). The fraction of sp³-hybridized carbons (Fsp3) is 0.462. The van der Waals surface area contributed by atoms with E-state index in [1.807, 2.05) is 0 Å². The van der Waals surface area contributed by atoms with Crippen LogP contribution in [0.4, 0.5) is 0 Å². The van der Waals surface area contributed by atoms with E-state index in [0.29, 0.717) is 31.2 Å². The standard InChI is InChI=1S/C13H18ClN5O2/c14-9-7-10-12(20)17-5-3-15-1-2-16-4-6-18-13(21)11(8-9)19-10/h7-8,15-16H,1-6H2,(H,17,20)(H,18,21). The molecule has 2 amide bonds. The van der Waals surface area contributed by atoms with Crippen molar-refractivity contribution in [3.05, 3.63) is 28.5 Å². The van der Waals surface area contributed by atoms with E-state index in [0.717, 1.165) is 13.1 Å². The molecule has 8 heteroatoms. The molecule has 0 unspecified atom stereocenters. The molecule has 1 aromatic heterocycles. The summed E-state index contributed by atoms with van der Waals surface area (Å²) in [7, 11) is 0. The fourth-order valence-electron chi connectivity index (χ4n) is 1.87. The lowest BCUT2D eigenvalue weighted by Crippen LogP contribution is -2.36. The van der Waals surface area contributed by atoms with Crippen LogP contribution in [-0.4, -0.2) is 56.1 Å². The maximum atomic E-state index is 12.0. The summed E-state index contributed by atoms with van der Waals surface area (Å²) in [5, 5.41) is 12.1. The molecule has 1 aromatic rings. The van der Waals surface area contributed by atoms with Crippen molar-refractivity contribution in [2.24, 2.45) is 0 Å². The predicted octanol–water partition coefficient (Wildman–Crippen LogP) is -0.613. The first-order valence-corrected chi connectivity index (χ1v) is 7.20. The largest absolute Gasteiger partial charge is 0.349 e. The van der Waals surface area contributed by atoms with Crippen LogP contribution in [0.5, 0.6) is 0 Å². The number of halogens is 1. The van der Waals surface area contributed by atoms with Gasteiger partial charge in [0, 0.05) is 44.3 Å². The van der Waals surface area contributed by atoms with Gasteiger partial charge < -0.3 is 21.3 Å². The number of hydrogen-bond acceptors (Lipinski definition) is 5. The van der Waals surface area contributed by atoms with Crippen LogP contribution in [-0.2, 0) is 0 Å². The molecule has 0 aromatic carbocycles. The molecule has 0 aliphatic carbocycles. The van der Waals surface area contributed by atoms with Crippen molar-refractivity contribution < 1.29 is 9.59 Å². The topological polar surface area (TPSA) is 95.1 Å². The maximum absolute atomic E-state index is 12.0. The summed E-state index contributed by atoms with van der Waals surface area (Å²) in [5.41, 5.74) is 0.279. The number of nitrogens with zero attached hydrogens (tertiary/aromatic N) is 1. The van der Waals surface area contributed by atoms with Crippen molar-refractivity contribution in [3.8, 4) is 0 Å². The number of fused-ring (bicyclic) bond motifs is 2. The van der Waals surface area contributed by atoms with Crippen LogP contribution >= 0.6 is 11.6 Å². The Hall–Kier alpha value is -1.70. The third-order valence-electron chi connectivity index (χ3n) is 2.91.